The van der Waals surface area contributed by atoms with E-state index in [0.29, 0.717) is 13.2 Å². The molecule has 0 aromatic heterocycles. The molecule has 3 heteroatoms. The Labute approximate surface area is 122 Å². The van der Waals surface area contributed by atoms with Crippen LogP contribution in [0, 0.1) is 0 Å². The standard InChI is InChI=1S/C17H26O3/c1-4-15(10-11-17(18-2)19-3)12-13-20-14-16-8-6-5-7-9-16/h5-9,12,17H,4,10-11,13-14H2,1-3H3/b15-12-. The molecule has 0 aliphatic rings. The number of rotatable bonds is 10. The third-order valence-electron chi connectivity index (χ3n) is 3.28. The Bertz CT molecular complexity index is 369. The zero-order valence-electron chi connectivity index (χ0n) is 12.8. The number of hydrogen-bond acceptors (Lipinski definition) is 3. The summed E-state index contributed by atoms with van der Waals surface area (Å²) in [5, 5.41) is 0. The van der Waals surface area contributed by atoms with Crippen LogP contribution in [0.1, 0.15) is 31.7 Å². The average Bonchev–Trinajstić information content (AvgIpc) is 2.51. The summed E-state index contributed by atoms with van der Waals surface area (Å²) in [5.41, 5.74) is 2.59. The molecule has 0 unspecified atom stereocenters. The van der Waals surface area contributed by atoms with Gasteiger partial charge in [-0.05, 0) is 18.4 Å². The van der Waals surface area contributed by atoms with Gasteiger partial charge in [0, 0.05) is 20.6 Å². The Kier molecular flexibility index (Phi) is 8.96. The summed E-state index contributed by atoms with van der Waals surface area (Å²) in [4.78, 5) is 0. The first-order chi connectivity index (χ1) is 9.80. The Balaban J connectivity index is 2.27. The molecule has 1 rings (SSSR count). The van der Waals surface area contributed by atoms with Crippen LogP contribution in [0.25, 0.3) is 0 Å². The molecule has 0 N–H and O–H groups in total. The van der Waals surface area contributed by atoms with Gasteiger partial charge in [-0.25, -0.2) is 0 Å². The molecule has 0 spiro atoms. The SMILES string of the molecule is CC/C(=C/COCc1ccccc1)CCC(OC)OC. The smallest absolute Gasteiger partial charge is 0.157 e. The van der Waals surface area contributed by atoms with Gasteiger partial charge in [0.2, 0.25) is 0 Å². The molecular weight excluding hydrogens is 252 g/mol. The van der Waals surface area contributed by atoms with Crippen LogP contribution in [-0.4, -0.2) is 27.1 Å². The van der Waals surface area contributed by atoms with Crippen LogP contribution in [0.2, 0.25) is 0 Å². The quantitative estimate of drug-likeness (QED) is 0.368. The van der Waals surface area contributed by atoms with Crippen molar-refractivity contribution in [2.45, 2.75) is 39.1 Å². The van der Waals surface area contributed by atoms with Gasteiger partial charge in [0.15, 0.2) is 6.29 Å². The fourth-order valence-electron chi connectivity index (χ4n) is 1.99. The van der Waals surface area contributed by atoms with Gasteiger partial charge < -0.3 is 14.2 Å². The molecule has 3 nitrogen and oxygen atoms in total. The molecule has 0 atom stereocenters. The van der Waals surface area contributed by atoms with Crippen LogP contribution in [0.15, 0.2) is 42.0 Å². The number of ether oxygens (including phenoxy) is 3. The topological polar surface area (TPSA) is 27.7 Å². The van der Waals surface area contributed by atoms with Crippen LogP contribution in [0.4, 0.5) is 0 Å². The second kappa shape index (κ2) is 10.6. The maximum Gasteiger partial charge on any atom is 0.157 e. The molecular formula is C17H26O3. The number of methoxy groups -OCH3 is 2. The molecule has 0 bridgehead atoms. The first-order valence-corrected chi connectivity index (χ1v) is 7.15. The molecule has 112 valence electrons. The highest BCUT2D eigenvalue weighted by atomic mass is 16.7. The summed E-state index contributed by atoms with van der Waals surface area (Å²) in [7, 11) is 3.35. The molecule has 0 saturated carbocycles. The maximum atomic E-state index is 5.67. The van der Waals surface area contributed by atoms with Crippen molar-refractivity contribution in [3.05, 3.63) is 47.5 Å². The number of hydrogen-bond donors (Lipinski definition) is 0. The van der Waals surface area contributed by atoms with Gasteiger partial charge in [-0.2, -0.15) is 0 Å². The Morgan fingerprint density at radius 3 is 2.45 bits per heavy atom. The van der Waals surface area contributed by atoms with E-state index in [1.165, 1.54) is 11.1 Å². The summed E-state index contributed by atoms with van der Waals surface area (Å²) in [6.45, 7) is 3.48. The van der Waals surface area contributed by atoms with Gasteiger partial charge in [-0.1, -0.05) is 48.9 Å². The molecule has 0 aliphatic carbocycles. The van der Waals surface area contributed by atoms with Crippen molar-refractivity contribution in [3.8, 4) is 0 Å². The van der Waals surface area contributed by atoms with Gasteiger partial charge in [0.25, 0.3) is 0 Å². The summed E-state index contributed by atoms with van der Waals surface area (Å²) < 4.78 is 16.1. The second-order valence-corrected chi connectivity index (χ2v) is 4.66. The van der Waals surface area contributed by atoms with Crippen molar-refractivity contribution in [2.24, 2.45) is 0 Å². The highest BCUT2D eigenvalue weighted by Crippen LogP contribution is 2.13. The van der Waals surface area contributed by atoms with E-state index in [0.717, 1.165) is 19.3 Å². The largest absolute Gasteiger partial charge is 0.373 e. The van der Waals surface area contributed by atoms with E-state index >= 15 is 0 Å². The third kappa shape index (κ3) is 6.85. The molecule has 0 fully saturated rings. The third-order valence-corrected chi connectivity index (χ3v) is 3.28. The van der Waals surface area contributed by atoms with Crippen LogP contribution in [0.3, 0.4) is 0 Å². The predicted octanol–water partition coefficient (Wildman–Crippen LogP) is 3.94. The Morgan fingerprint density at radius 1 is 1.15 bits per heavy atom. The van der Waals surface area contributed by atoms with Gasteiger partial charge >= 0.3 is 0 Å². The van der Waals surface area contributed by atoms with Crippen molar-refractivity contribution < 1.29 is 14.2 Å². The van der Waals surface area contributed by atoms with E-state index in [4.69, 9.17) is 14.2 Å². The average molecular weight is 278 g/mol. The normalized spacial score (nSPS) is 12.1. The maximum absolute atomic E-state index is 5.67. The highest BCUT2D eigenvalue weighted by molar-refractivity contribution is 5.13. The van der Waals surface area contributed by atoms with Crippen molar-refractivity contribution in [1.29, 1.82) is 0 Å². The molecule has 1 aromatic rings. The van der Waals surface area contributed by atoms with Gasteiger partial charge in [-0.3, -0.25) is 0 Å². The second-order valence-electron chi connectivity index (χ2n) is 4.66. The molecule has 0 radical (unpaired) electrons. The van der Waals surface area contributed by atoms with Crippen LogP contribution in [0.5, 0.6) is 0 Å². The van der Waals surface area contributed by atoms with Crippen LogP contribution < -0.4 is 0 Å². The minimum absolute atomic E-state index is 0.116. The Morgan fingerprint density at radius 2 is 1.85 bits per heavy atom. The molecule has 0 heterocycles. The highest BCUT2D eigenvalue weighted by Gasteiger charge is 2.05. The zero-order valence-corrected chi connectivity index (χ0v) is 12.8. The van der Waals surface area contributed by atoms with Gasteiger partial charge in [0.1, 0.15) is 0 Å². The predicted molar refractivity (Wildman–Crippen MR) is 81.5 cm³/mol. The fraction of sp³-hybridized carbons (Fsp3) is 0.529. The summed E-state index contributed by atoms with van der Waals surface area (Å²) in [6, 6.07) is 10.2. The molecule has 1 aromatic carbocycles. The lowest BCUT2D eigenvalue weighted by Gasteiger charge is -2.14. The van der Waals surface area contributed by atoms with E-state index in [-0.39, 0.29) is 6.29 Å². The van der Waals surface area contributed by atoms with Crippen LogP contribution >= 0.6 is 0 Å². The van der Waals surface area contributed by atoms with E-state index in [1.807, 2.05) is 18.2 Å². The Hall–Kier alpha value is -1.16. The van der Waals surface area contributed by atoms with Crippen molar-refractivity contribution in [2.75, 3.05) is 20.8 Å². The molecule has 20 heavy (non-hydrogen) atoms. The van der Waals surface area contributed by atoms with Gasteiger partial charge in [0.05, 0.1) is 13.2 Å². The lowest BCUT2D eigenvalue weighted by atomic mass is 10.1. The summed E-state index contributed by atoms with van der Waals surface area (Å²) in [6.07, 6.45) is 4.96. The molecule has 0 saturated heterocycles. The number of benzene rings is 1. The zero-order chi connectivity index (χ0) is 14.6. The number of allylic oxidation sites excluding steroid dienone is 1. The lowest BCUT2D eigenvalue weighted by Crippen LogP contribution is -2.12. The van der Waals surface area contributed by atoms with Crippen molar-refractivity contribution in [3.63, 3.8) is 0 Å². The van der Waals surface area contributed by atoms with Gasteiger partial charge in [-0.15, -0.1) is 0 Å². The van der Waals surface area contributed by atoms with Crippen LogP contribution in [-0.2, 0) is 20.8 Å². The van der Waals surface area contributed by atoms with Crippen molar-refractivity contribution in [1.82, 2.24) is 0 Å². The van der Waals surface area contributed by atoms with E-state index in [2.05, 4.69) is 25.1 Å². The summed E-state index contributed by atoms with van der Waals surface area (Å²) in [5.74, 6) is 0. The minimum Gasteiger partial charge on any atom is -0.373 e. The lowest BCUT2D eigenvalue weighted by molar-refractivity contribution is -0.105. The van der Waals surface area contributed by atoms with E-state index < -0.39 is 0 Å². The van der Waals surface area contributed by atoms with E-state index in [1.54, 1.807) is 14.2 Å². The molecule has 0 aliphatic heterocycles. The molecule has 0 amide bonds. The minimum atomic E-state index is -0.116. The monoisotopic (exact) mass is 278 g/mol. The summed E-state index contributed by atoms with van der Waals surface area (Å²) >= 11 is 0. The first kappa shape index (κ1) is 16.9. The van der Waals surface area contributed by atoms with Crippen molar-refractivity contribution >= 4 is 0 Å². The fourth-order valence-corrected chi connectivity index (χ4v) is 1.99. The van der Waals surface area contributed by atoms with E-state index in [9.17, 15) is 0 Å². The first-order valence-electron chi connectivity index (χ1n) is 7.15.